The number of hydrogen-bond donors (Lipinski definition) is 0. The van der Waals surface area contributed by atoms with Gasteiger partial charge in [-0.05, 0) is 37.5 Å². The molecule has 0 amide bonds. The number of carbonyl (C=O) groups excluding carboxylic acids is 1. The first kappa shape index (κ1) is 10.9. The summed E-state index contributed by atoms with van der Waals surface area (Å²) in [5.41, 5.74) is 0. The van der Waals surface area contributed by atoms with Crippen molar-refractivity contribution in [2.75, 3.05) is 0 Å². The van der Waals surface area contributed by atoms with Crippen molar-refractivity contribution in [3.8, 4) is 0 Å². The molecule has 0 aliphatic heterocycles. The molecule has 2 aliphatic carbocycles. The molecule has 0 aromatic carbocycles. The van der Waals surface area contributed by atoms with Crippen LogP contribution in [0.4, 0.5) is 0 Å². The Bertz CT molecular complexity index is 231. The maximum atomic E-state index is 10.2. The molecule has 15 heavy (non-hydrogen) atoms. The molecule has 0 N–H and O–H groups in total. The number of rotatable bonds is 2. The standard InChI is InChI=1S/C13H21NO/c15-10-14-13-8-6-12(7-9-13)11-4-2-1-3-5-11/h11-13H,1-9H2. The van der Waals surface area contributed by atoms with E-state index in [2.05, 4.69) is 4.99 Å². The zero-order valence-electron chi connectivity index (χ0n) is 9.45. The lowest BCUT2D eigenvalue weighted by atomic mass is 9.72. The van der Waals surface area contributed by atoms with E-state index in [1.54, 1.807) is 6.08 Å². The molecular weight excluding hydrogens is 186 g/mol. The smallest absolute Gasteiger partial charge is 0.211 e. The van der Waals surface area contributed by atoms with Crippen LogP contribution in [0.2, 0.25) is 0 Å². The molecule has 0 aromatic rings. The minimum absolute atomic E-state index is 0.294. The molecule has 2 fully saturated rings. The van der Waals surface area contributed by atoms with Gasteiger partial charge in [0.15, 0.2) is 0 Å². The Hall–Kier alpha value is -0.620. The Morgan fingerprint density at radius 3 is 2.00 bits per heavy atom. The van der Waals surface area contributed by atoms with E-state index in [9.17, 15) is 4.79 Å². The largest absolute Gasteiger partial charge is 0.235 e. The highest BCUT2D eigenvalue weighted by Crippen LogP contribution is 2.38. The first-order valence-electron chi connectivity index (χ1n) is 6.47. The van der Waals surface area contributed by atoms with Gasteiger partial charge in [0.25, 0.3) is 0 Å². The summed E-state index contributed by atoms with van der Waals surface area (Å²) in [5.74, 6) is 1.92. The minimum Gasteiger partial charge on any atom is -0.211 e. The van der Waals surface area contributed by atoms with Crippen LogP contribution in [0.15, 0.2) is 4.99 Å². The molecule has 0 heterocycles. The second kappa shape index (κ2) is 5.46. The highest BCUT2D eigenvalue weighted by atomic mass is 16.1. The van der Waals surface area contributed by atoms with E-state index >= 15 is 0 Å². The van der Waals surface area contributed by atoms with Crippen molar-refractivity contribution in [1.82, 2.24) is 0 Å². The highest BCUT2D eigenvalue weighted by Gasteiger charge is 2.28. The summed E-state index contributed by atoms with van der Waals surface area (Å²) in [6.45, 7) is 0. The van der Waals surface area contributed by atoms with Gasteiger partial charge >= 0.3 is 0 Å². The fraction of sp³-hybridized carbons (Fsp3) is 0.923. The Labute approximate surface area is 92.2 Å². The molecule has 0 aromatic heterocycles. The lowest BCUT2D eigenvalue weighted by molar-refractivity contribution is 0.187. The van der Waals surface area contributed by atoms with E-state index in [0.29, 0.717) is 6.04 Å². The van der Waals surface area contributed by atoms with Crippen LogP contribution in [-0.2, 0) is 4.79 Å². The Morgan fingerprint density at radius 2 is 1.40 bits per heavy atom. The maximum absolute atomic E-state index is 10.2. The van der Waals surface area contributed by atoms with Crippen molar-refractivity contribution >= 4 is 6.08 Å². The normalized spacial score (nSPS) is 33.3. The van der Waals surface area contributed by atoms with Gasteiger partial charge in [-0.1, -0.05) is 32.1 Å². The number of isocyanates is 1. The molecule has 0 unspecified atom stereocenters. The summed E-state index contributed by atoms with van der Waals surface area (Å²) < 4.78 is 0. The topological polar surface area (TPSA) is 29.4 Å². The van der Waals surface area contributed by atoms with Crippen LogP contribution in [0.5, 0.6) is 0 Å². The lowest BCUT2D eigenvalue weighted by Crippen LogP contribution is -2.24. The molecule has 0 bridgehead atoms. The van der Waals surface area contributed by atoms with Crippen LogP contribution >= 0.6 is 0 Å². The third-order valence-electron chi connectivity index (χ3n) is 4.29. The molecule has 0 radical (unpaired) electrons. The van der Waals surface area contributed by atoms with E-state index in [1.165, 1.54) is 44.9 Å². The first-order chi connectivity index (χ1) is 7.40. The van der Waals surface area contributed by atoms with Crippen molar-refractivity contribution < 1.29 is 4.79 Å². The number of hydrogen-bond acceptors (Lipinski definition) is 2. The SMILES string of the molecule is O=C=NC1CCC(C2CCCCC2)CC1. The van der Waals surface area contributed by atoms with Crippen LogP contribution in [0.1, 0.15) is 57.8 Å². The molecule has 2 aliphatic rings. The molecule has 84 valence electrons. The summed E-state index contributed by atoms with van der Waals surface area (Å²) in [6, 6.07) is 0.294. The van der Waals surface area contributed by atoms with Crippen molar-refractivity contribution in [2.24, 2.45) is 16.8 Å². The average molecular weight is 207 g/mol. The van der Waals surface area contributed by atoms with Crippen molar-refractivity contribution in [3.05, 3.63) is 0 Å². The third-order valence-corrected chi connectivity index (χ3v) is 4.29. The second-order valence-corrected chi connectivity index (χ2v) is 5.19. The summed E-state index contributed by atoms with van der Waals surface area (Å²) in [5, 5.41) is 0. The van der Waals surface area contributed by atoms with E-state index in [-0.39, 0.29) is 0 Å². The third kappa shape index (κ3) is 2.92. The maximum Gasteiger partial charge on any atom is 0.235 e. The summed E-state index contributed by atoms with van der Waals surface area (Å²) in [6.07, 6.45) is 13.8. The van der Waals surface area contributed by atoms with Gasteiger partial charge < -0.3 is 0 Å². The molecule has 0 saturated heterocycles. The number of nitrogens with zero attached hydrogens (tertiary/aromatic N) is 1. The molecule has 0 atom stereocenters. The van der Waals surface area contributed by atoms with Gasteiger partial charge in [-0.2, -0.15) is 0 Å². The quantitative estimate of drug-likeness (QED) is 0.503. The Kier molecular flexibility index (Phi) is 3.96. The molecular formula is C13H21NO. The molecule has 2 nitrogen and oxygen atoms in total. The van der Waals surface area contributed by atoms with Crippen molar-refractivity contribution in [3.63, 3.8) is 0 Å². The fourth-order valence-corrected chi connectivity index (χ4v) is 3.38. The van der Waals surface area contributed by atoms with Crippen LogP contribution in [0.3, 0.4) is 0 Å². The monoisotopic (exact) mass is 207 g/mol. The summed E-state index contributed by atoms with van der Waals surface area (Å²) in [4.78, 5) is 14.0. The Balaban J connectivity index is 1.79. The van der Waals surface area contributed by atoms with Crippen molar-refractivity contribution in [1.29, 1.82) is 0 Å². The van der Waals surface area contributed by atoms with Gasteiger partial charge in [0, 0.05) is 0 Å². The van der Waals surface area contributed by atoms with Crippen LogP contribution in [0.25, 0.3) is 0 Å². The van der Waals surface area contributed by atoms with Gasteiger partial charge in [-0.25, -0.2) is 9.79 Å². The van der Waals surface area contributed by atoms with Gasteiger partial charge in [0.2, 0.25) is 6.08 Å². The highest BCUT2D eigenvalue weighted by molar-refractivity contribution is 5.33. The van der Waals surface area contributed by atoms with E-state index in [0.717, 1.165) is 24.7 Å². The van der Waals surface area contributed by atoms with E-state index < -0.39 is 0 Å². The summed E-state index contributed by atoms with van der Waals surface area (Å²) >= 11 is 0. The molecule has 2 saturated carbocycles. The van der Waals surface area contributed by atoms with Crippen LogP contribution in [0, 0.1) is 11.8 Å². The molecule has 0 spiro atoms. The zero-order valence-corrected chi connectivity index (χ0v) is 9.45. The van der Waals surface area contributed by atoms with E-state index in [4.69, 9.17) is 0 Å². The fourth-order valence-electron chi connectivity index (χ4n) is 3.38. The van der Waals surface area contributed by atoms with Crippen LogP contribution in [-0.4, -0.2) is 12.1 Å². The van der Waals surface area contributed by atoms with Crippen LogP contribution < -0.4 is 0 Å². The van der Waals surface area contributed by atoms with Gasteiger partial charge in [-0.15, -0.1) is 0 Å². The summed E-state index contributed by atoms with van der Waals surface area (Å²) in [7, 11) is 0. The predicted molar refractivity (Wildman–Crippen MR) is 60.4 cm³/mol. The molecule has 2 rings (SSSR count). The lowest BCUT2D eigenvalue weighted by Gasteiger charge is -2.34. The zero-order chi connectivity index (χ0) is 10.5. The first-order valence-corrected chi connectivity index (χ1v) is 6.47. The molecule has 2 heteroatoms. The second-order valence-electron chi connectivity index (χ2n) is 5.19. The van der Waals surface area contributed by atoms with Gasteiger partial charge in [0.05, 0.1) is 6.04 Å². The van der Waals surface area contributed by atoms with Gasteiger partial charge in [-0.3, -0.25) is 0 Å². The Morgan fingerprint density at radius 1 is 0.800 bits per heavy atom. The predicted octanol–water partition coefficient (Wildman–Crippen LogP) is 3.46. The van der Waals surface area contributed by atoms with Gasteiger partial charge in [0.1, 0.15) is 0 Å². The average Bonchev–Trinajstić information content (AvgIpc) is 2.32. The minimum atomic E-state index is 0.294. The van der Waals surface area contributed by atoms with E-state index in [1.807, 2.05) is 0 Å². The number of aliphatic imine (C=N–C) groups is 1. The van der Waals surface area contributed by atoms with Crippen molar-refractivity contribution in [2.45, 2.75) is 63.8 Å².